The molecule has 1 aliphatic carbocycles. The van der Waals surface area contributed by atoms with Crippen LogP contribution in [0.5, 0.6) is 0 Å². The largest absolute Gasteiger partial charge is 0.405 e. The zero-order chi connectivity index (χ0) is 22.3. The molecule has 5 N–H and O–H groups in total. The lowest BCUT2D eigenvalue weighted by atomic mass is 9.87. The van der Waals surface area contributed by atoms with Gasteiger partial charge in [-0.25, -0.2) is 4.84 Å². The van der Waals surface area contributed by atoms with E-state index in [1.54, 1.807) is 0 Å². The van der Waals surface area contributed by atoms with Crippen LogP contribution in [0.4, 0.5) is 0 Å². The number of hydroxylamine groups is 1. The number of allylic oxidation sites excluding steroid dienone is 4. The SMILES string of the molecule is C=C(/C=C/C1=CNC(NCCC2CCCCC2)C(Cl)=C1)NOC1CCCCO1.C=CN. The Morgan fingerprint density at radius 1 is 1.26 bits per heavy atom. The second-order valence-corrected chi connectivity index (χ2v) is 8.57. The summed E-state index contributed by atoms with van der Waals surface area (Å²) in [6.45, 7) is 8.84. The van der Waals surface area contributed by atoms with Gasteiger partial charge in [-0.1, -0.05) is 62.9 Å². The van der Waals surface area contributed by atoms with Crippen LogP contribution in [0, 0.1) is 5.92 Å². The van der Waals surface area contributed by atoms with E-state index in [0.29, 0.717) is 5.70 Å². The highest BCUT2D eigenvalue weighted by atomic mass is 35.5. The summed E-state index contributed by atoms with van der Waals surface area (Å²) in [6.07, 6.45) is 20.2. The summed E-state index contributed by atoms with van der Waals surface area (Å²) in [4.78, 5) is 5.51. The summed E-state index contributed by atoms with van der Waals surface area (Å²) >= 11 is 6.46. The average Bonchev–Trinajstić information content (AvgIpc) is 2.79. The van der Waals surface area contributed by atoms with Crippen molar-refractivity contribution >= 4 is 11.6 Å². The van der Waals surface area contributed by atoms with Crippen LogP contribution >= 0.6 is 11.6 Å². The molecule has 3 aliphatic rings. The molecule has 7 heteroatoms. The lowest BCUT2D eigenvalue weighted by Gasteiger charge is -2.25. The Morgan fingerprint density at radius 2 is 2.00 bits per heavy atom. The van der Waals surface area contributed by atoms with Gasteiger partial charge in [0.05, 0.1) is 10.7 Å². The van der Waals surface area contributed by atoms with Crippen LogP contribution in [0.3, 0.4) is 0 Å². The zero-order valence-corrected chi connectivity index (χ0v) is 19.3. The molecular formula is C24H39ClN4O2. The van der Waals surface area contributed by atoms with E-state index in [2.05, 4.69) is 35.0 Å². The Balaban J connectivity index is 0.00000107. The van der Waals surface area contributed by atoms with Crippen molar-refractivity contribution in [2.45, 2.75) is 70.2 Å². The number of nitrogens with two attached hydrogens (primary N) is 1. The van der Waals surface area contributed by atoms with Gasteiger partial charge in [0.2, 0.25) is 0 Å². The summed E-state index contributed by atoms with van der Waals surface area (Å²) < 4.78 is 5.51. The van der Waals surface area contributed by atoms with Crippen molar-refractivity contribution in [1.82, 2.24) is 16.1 Å². The molecule has 0 bridgehead atoms. The molecule has 0 amide bonds. The molecule has 1 saturated carbocycles. The van der Waals surface area contributed by atoms with Crippen molar-refractivity contribution in [3.05, 3.63) is 60.1 Å². The van der Waals surface area contributed by atoms with Gasteiger partial charge in [-0.05, 0) is 55.7 Å². The standard InChI is InChI=1S/C22H34ClN3O2.C2H5N/c1-17(26-28-21-9-5-6-14-27-21)10-11-19-15-20(23)22(25-16-19)24-13-12-18-7-3-2-4-8-18;1-2-3/h10-11,15-16,18,21-22,24-26H,1-9,12-14H2;2H,1,3H2/b11-10+;. The van der Waals surface area contributed by atoms with Crippen LogP contribution in [0.2, 0.25) is 0 Å². The van der Waals surface area contributed by atoms with Crippen LogP contribution < -0.4 is 21.8 Å². The molecule has 0 aromatic heterocycles. The van der Waals surface area contributed by atoms with E-state index in [0.717, 1.165) is 48.9 Å². The highest BCUT2D eigenvalue weighted by molar-refractivity contribution is 6.30. The van der Waals surface area contributed by atoms with Crippen LogP contribution in [0.25, 0.3) is 0 Å². The Labute approximate surface area is 192 Å². The van der Waals surface area contributed by atoms with E-state index in [4.69, 9.17) is 21.2 Å². The third-order valence-electron chi connectivity index (χ3n) is 5.56. The molecule has 174 valence electrons. The fourth-order valence-corrected chi connectivity index (χ4v) is 4.15. The van der Waals surface area contributed by atoms with Crippen molar-refractivity contribution in [2.75, 3.05) is 13.2 Å². The first kappa shape index (κ1) is 25.5. The minimum atomic E-state index is -0.191. The van der Waals surface area contributed by atoms with Gasteiger partial charge in [-0.3, -0.25) is 10.8 Å². The maximum atomic E-state index is 6.46. The third-order valence-corrected chi connectivity index (χ3v) is 5.89. The Bertz CT molecular complexity index is 635. The summed E-state index contributed by atoms with van der Waals surface area (Å²) in [5, 5.41) is 7.63. The molecule has 2 unspecified atom stereocenters. The van der Waals surface area contributed by atoms with Crippen molar-refractivity contribution in [3.63, 3.8) is 0 Å². The van der Waals surface area contributed by atoms with Gasteiger partial charge in [0.25, 0.3) is 0 Å². The van der Waals surface area contributed by atoms with Gasteiger partial charge in [0.1, 0.15) is 6.17 Å². The molecular weight excluding hydrogens is 412 g/mol. The first-order valence-corrected chi connectivity index (χ1v) is 11.8. The van der Waals surface area contributed by atoms with Gasteiger partial charge in [0.15, 0.2) is 6.29 Å². The van der Waals surface area contributed by atoms with E-state index in [1.807, 2.05) is 24.4 Å². The molecule has 31 heavy (non-hydrogen) atoms. The number of dihydropyridines is 1. The quantitative estimate of drug-likeness (QED) is 0.301. The monoisotopic (exact) mass is 450 g/mol. The molecule has 0 spiro atoms. The molecule has 2 heterocycles. The van der Waals surface area contributed by atoms with Crippen LogP contribution in [0.1, 0.15) is 57.8 Å². The molecule has 1 saturated heterocycles. The summed E-state index contributed by atoms with van der Waals surface area (Å²) in [5.74, 6) is 0.876. The smallest absolute Gasteiger partial charge is 0.183 e. The predicted octanol–water partition coefficient (Wildman–Crippen LogP) is 4.69. The highest BCUT2D eigenvalue weighted by Crippen LogP contribution is 2.26. The van der Waals surface area contributed by atoms with E-state index in [9.17, 15) is 0 Å². The van der Waals surface area contributed by atoms with Crippen molar-refractivity contribution in [1.29, 1.82) is 0 Å². The minimum Gasteiger partial charge on any atom is -0.405 e. The average molecular weight is 451 g/mol. The van der Waals surface area contributed by atoms with Crippen LogP contribution in [0.15, 0.2) is 60.1 Å². The van der Waals surface area contributed by atoms with Gasteiger partial charge >= 0.3 is 0 Å². The molecule has 2 fully saturated rings. The van der Waals surface area contributed by atoms with Crippen molar-refractivity contribution in [3.8, 4) is 0 Å². The zero-order valence-electron chi connectivity index (χ0n) is 18.6. The summed E-state index contributed by atoms with van der Waals surface area (Å²) in [5.41, 5.74) is 9.13. The van der Waals surface area contributed by atoms with Gasteiger partial charge in [-0.15, -0.1) is 0 Å². The molecule has 0 radical (unpaired) electrons. The minimum absolute atomic E-state index is 0.00415. The molecule has 6 nitrogen and oxygen atoms in total. The molecule has 2 atom stereocenters. The van der Waals surface area contributed by atoms with Crippen LogP contribution in [-0.4, -0.2) is 25.6 Å². The van der Waals surface area contributed by atoms with Gasteiger partial charge < -0.3 is 15.8 Å². The first-order chi connectivity index (χ1) is 15.1. The Hall–Kier alpha value is -1.73. The Kier molecular flexibility index (Phi) is 12.5. The summed E-state index contributed by atoms with van der Waals surface area (Å²) in [7, 11) is 0. The number of halogens is 1. The number of hydrogen-bond acceptors (Lipinski definition) is 6. The third kappa shape index (κ3) is 10.4. The molecule has 3 rings (SSSR count). The summed E-state index contributed by atoms with van der Waals surface area (Å²) in [6, 6.07) is 0. The second-order valence-electron chi connectivity index (χ2n) is 8.13. The Morgan fingerprint density at radius 3 is 2.68 bits per heavy atom. The second kappa shape index (κ2) is 15.1. The normalized spacial score (nSPS) is 24.3. The molecule has 0 aromatic carbocycles. The maximum Gasteiger partial charge on any atom is 0.183 e. The fraction of sp³-hybridized carbons (Fsp3) is 0.583. The predicted molar refractivity (Wildman–Crippen MR) is 129 cm³/mol. The van der Waals surface area contributed by atoms with E-state index in [-0.39, 0.29) is 12.5 Å². The fourth-order valence-electron chi connectivity index (χ4n) is 3.88. The van der Waals surface area contributed by atoms with Crippen LogP contribution in [-0.2, 0) is 9.57 Å². The molecule has 2 aliphatic heterocycles. The van der Waals surface area contributed by atoms with E-state index >= 15 is 0 Å². The molecule has 0 aromatic rings. The number of rotatable bonds is 9. The van der Waals surface area contributed by atoms with Gasteiger partial charge in [-0.2, -0.15) is 0 Å². The van der Waals surface area contributed by atoms with E-state index in [1.165, 1.54) is 44.7 Å². The number of ether oxygens (including phenoxy) is 1. The topological polar surface area (TPSA) is 80.6 Å². The lowest BCUT2D eigenvalue weighted by molar-refractivity contribution is -0.189. The first-order valence-electron chi connectivity index (χ1n) is 11.4. The van der Waals surface area contributed by atoms with Crippen molar-refractivity contribution < 1.29 is 9.57 Å². The van der Waals surface area contributed by atoms with Gasteiger partial charge in [0, 0.05) is 19.2 Å². The number of hydrogen-bond donors (Lipinski definition) is 4. The van der Waals surface area contributed by atoms with Crippen molar-refractivity contribution in [2.24, 2.45) is 11.7 Å². The number of nitrogens with one attached hydrogen (secondary N) is 3. The lowest BCUT2D eigenvalue weighted by Crippen LogP contribution is -2.42. The highest BCUT2D eigenvalue weighted by Gasteiger charge is 2.17. The maximum absolute atomic E-state index is 6.46. The van der Waals surface area contributed by atoms with E-state index < -0.39 is 0 Å².